The lowest BCUT2D eigenvalue weighted by Crippen LogP contribution is -2.10. The molecule has 0 saturated heterocycles. The first-order valence-electron chi connectivity index (χ1n) is 4.80. The molecule has 0 bridgehead atoms. The van der Waals surface area contributed by atoms with Crippen LogP contribution in [0.4, 0.5) is 5.82 Å². The molecular weight excluding hydrogens is 188 g/mol. The van der Waals surface area contributed by atoms with E-state index in [2.05, 4.69) is 10.1 Å². The van der Waals surface area contributed by atoms with Crippen molar-refractivity contribution in [2.24, 2.45) is 7.05 Å². The van der Waals surface area contributed by atoms with Crippen LogP contribution in [-0.4, -0.2) is 28.9 Å². The fraction of sp³-hybridized carbons (Fsp3) is 0.273. The summed E-state index contributed by atoms with van der Waals surface area (Å²) in [5.74, 6) is 0.943. The van der Waals surface area contributed by atoms with Gasteiger partial charge in [-0.3, -0.25) is 4.68 Å². The van der Waals surface area contributed by atoms with Crippen LogP contribution in [0, 0.1) is 0 Å². The number of anilines is 1. The third-order valence-electron chi connectivity index (χ3n) is 2.21. The van der Waals surface area contributed by atoms with Crippen LogP contribution in [0.25, 0.3) is 11.3 Å². The van der Waals surface area contributed by atoms with E-state index in [9.17, 15) is 0 Å². The number of nitrogens with zero attached hydrogens (tertiary/aromatic N) is 4. The molecule has 0 fully saturated rings. The zero-order valence-electron chi connectivity index (χ0n) is 9.18. The third kappa shape index (κ3) is 1.98. The number of aryl methyl sites for hydroxylation is 1. The van der Waals surface area contributed by atoms with E-state index in [0.29, 0.717) is 0 Å². The highest BCUT2D eigenvalue weighted by molar-refractivity contribution is 5.62. The van der Waals surface area contributed by atoms with Crippen LogP contribution in [0.2, 0.25) is 0 Å². The van der Waals surface area contributed by atoms with E-state index in [-0.39, 0.29) is 0 Å². The van der Waals surface area contributed by atoms with E-state index in [1.165, 1.54) is 0 Å². The van der Waals surface area contributed by atoms with E-state index < -0.39 is 0 Å². The number of hydrogen-bond acceptors (Lipinski definition) is 3. The molecule has 2 rings (SSSR count). The Bertz CT molecular complexity index is 459. The van der Waals surface area contributed by atoms with Crippen molar-refractivity contribution in [1.82, 2.24) is 14.8 Å². The van der Waals surface area contributed by atoms with Crippen LogP contribution in [0.3, 0.4) is 0 Å². The molecule has 2 heterocycles. The molecule has 0 amide bonds. The molecule has 0 spiro atoms. The first-order valence-corrected chi connectivity index (χ1v) is 4.80. The van der Waals surface area contributed by atoms with Gasteiger partial charge in [-0.05, 0) is 18.2 Å². The van der Waals surface area contributed by atoms with Crippen LogP contribution in [0.15, 0.2) is 30.6 Å². The Kier molecular flexibility index (Phi) is 2.41. The van der Waals surface area contributed by atoms with Gasteiger partial charge in [0, 0.05) is 39.1 Å². The Morgan fingerprint density at radius 3 is 2.67 bits per heavy atom. The molecule has 4 nitrogen and oxygen atoms in total. The predicted molar refractivity (Wildman–Crippen MR) is 60.8 cm³/mol. The van der Waals surface area contributed by atoms with Crippen LogP contribution in [0.1, 0.15) is 0 Å². The summed E-state index contributed by atoms with van der Waals surface area (Å²) < 4.78 is 1.80. The van der Waals surface area contributed by atoms with E-state index in [0.717, 1.165) is 17.1 Å². The molecule has 2 aromatic heterocycles. The largest absolute Gasteiger partial charge is 0.363 e. The molecule has 2 aromatic rings. The van der Waals surface area contributed by atoms with Gasteiger partial charge in [-0.25, -0.2) is 4.98 Å². The Balaban J connectivity index is 2.41. The minimum absolute atomic E-state index is 0.943. The smallest absolute Gasteiger partial charge is 0.128 e. The molecule has 0 aromatic carbocycles. The van der Waals surface area contributed by atoms with E-state index in [1.54, 1.807) is 10.9 Å². The van der Waals surface area contributed by atoms with Crippen molar-refractivity contribution in [3.63, 3.8) is 0 Å². The minimum Gasteiger partial charge on any atom is -0.363 e. The van der Waals surface area contributed by atoms with Gasteiger partial charge >= 0.3 is 0 Å². The SMILES string of the molecule is CN(C)c1cc(-c2ccn(C)n2)ccn1. The number of pyridine rings is 1. The maximum absolute atomic E-state index is 4.35. The minimum atomic E-state index is 0.943. The summed E-state index contributed by atoms with van der Waals surface area (Å²) in [5, 5.41) is 4.35. The highest BCUT2D eigenvalue weighted by Gasteiger charge is 2.03. The quantitative estimate of drug-likeness (QED) is 0.741. The maximum Gasteiger partial charge on any atom is 0.128 e. The summed E-state index contributed by atoms with van der Waals surface area (Å²) in [5.41, 5.74) is 2.07. The standard InChI is InChI=1S/C11H14N4/c1-14(2)11-8-9(4-6-12-11)10-5-7-15(3)13-10/h4-8H,1-3H3. The average Bonchev–Trinajstić information content (AvgIpc) is 2.65. The number of aromatic nitrogens is 3. The monoisotopic (exact) mass is 202 g/mol. The Labute approximate surface area is 89.2 Å². The van der Waals surface area contributed by atoms with E-state index in [1.807, 2.05) is 50.4 Å². The molecular formula is C11H14N4. The van der Waals surface area contributed by atoms with Gasteiger partial charge in [0.1, 0.15) is 5.82 Å². The van der Waals surface area contributed by atoms with Crippen molar-refractivity contribution in [3.05, 3.63) is 30.6 Å². The highest BCUT2D eigenvalue weighted by Crippen LogP contribution is 2.19. The van der Waals surface area contributed by atoms with Crippen LogP contribution in [0.5, 0.6) is 0 Å². The van der Waals surface area contributed by atoms with Crippen LogP contribution in [-0.2, 0) is 7.05 Å². The summed E-state index contributed by atoms with van der Waals surface area (Å²) in [6.07, 6.45) is 3.74. The van der Waals surface area contributed by atoms with Crippen molar-refractivity contribution in [2.45, 2.75) is 0 Å². The zero-order valence-corrected chi connectivity index (χ0v) is 9.18. The van der Waals surface area contributed by atoms with Crippen molar-refractivity contribution < 1.29 is 0 Å². The van der Waals surface area contributed by atoms with Crippen LogP contribution >= 0.6 is 0 Å². The molecule has 0 aliphatic heterocycles. The zero-order chi connectivity index (χ0) is 10.8. The molecule has 0 aliphatic rings. The lowest BCUT2D eigenvalue weighted by molar-refractivity contribution is 0.771. The average molecular weight is 202 g/mol. The summed E-state index contributed by atoms with van der Waals surface area (Å²) >= 11 is 0. The molecule has 78 valence electrons. The number of hydrogen-bond donors (Lipinski definition) is 0. The first-order chi connectivity index (χ1) is 7.16. The Morgan fingerprint density at radius 2 is 2.07 bits per heavy atom. The molecule has 15 heavy (non-hydrogen) atoms. The molecule has 0 atom stereocenters. The summed E-state index contributed by atoms with van der Waals surface area (Å²) in [6.45, 7) is 0. The molecule has 0 unspecified atom stereocenters. The fourth-order valence-corrected chi connectivity index (χ4v) is 1.39. The van der Waals surface area contributed by atoms with E-state index >= 15 is 0 Å². The van der Waals surface area contributed by atoms with Gasteiger partial charge < -0.3 is 4.90 Å². The highest BCUT2D eigenvalue weighted by atomic mass is 15.2. The third-order valence-corrected chi connectivity index (χ3v) is 2.21. The Morgan fingerprint density at radius 1 is 1.27 bits per heavy atom. The van der Waals surface area contributed by atoms with Crippen molar-refractivity contribution in [3.8, 4) is 11.3 Å². The van der Waals surface area contributed by atoms with Crippen LogP contribution < -0.4 is 4.90 Å². The van der Waals surface area contributed by atoms with Gasteiger partial charge in [0.15, 0.2) is 0 Å². The predicted octanol–water partition coefficient (Wildman–Crippen LogP) is 1.55. The molecule has 0 aliphatic carbocycles. The normalized spacial score (nSPS) is 10.3. The molecule has 0 radical (unpaired) electrons. The topological polar surface area (TPSA) is 34.0 Å². The van der Waals surface area contributed by atoms with Gasteiger partial charge in [0.25, 0.3) is 0 Å². The van der Waals surface area contributed by atoms with Gasteiger partial charge in [-0.15, -0.1) is 0 Å². The van der Waals surface area contributed by atoms with E-state index in [4.69, 9.17) is 0 Å². The maximum atomic E-state index is 4.35. The fourth-order valence-electron chi connectivity index (χ4n) is 1.39. The van der Waals surface area contributed by atoms with Gasteiger partial charge in [-0.2, -0.15) is 5.10 Å². The molecule has 0 saturated carbocycles. The summed E-state index contributed by atoms with van der Waals surface area (Å²) in [6, 6.07) is 5.99. The number of rotatable bonds is 2. The Hall–Kier alpha value is -1.84. The second-order valence-corrected chi connectivity index (χ2v) is 3.67. The van der Waals surface area contributed by atoms with Crippen molar-refractivity contribution in [1.29, 1.82) is 0 Å². The van der Waals surface area contributed by atoms with Gasteiger partial charge in [-0.1, -0.05) is 0 Å². The van der Waals surface area contributed by atoms with Gasteiger partial charge in [0.05, 0.1) is 5.69 Å². The van der Waals surface area contributed by atoms with Crippen molar-refractivity contribution >= 4 is 5.82 Å². The molecule has 4 heteroatoms. The van der Waals surface area contributed by atoms with Crippen molar-refractivity contribution in [2.75, 3.05) is 19.0 Å². The second-order valence-electron chi connectivity index (χ2n) is 3.67. The first kappa shape index (κ1) is 9.71. The lowest BCUT2D eigenvalue weighted by Gasteiger charge is -2.11. The molecule has 0 N–H and O–H groups in total. The summed E-state index contributed by atoms with van der Waals surface area (Å²) in [4.78, 5) is 6.24. The van der Waals surface area contributed by atoms with Gasteiger partial charge in [0.2, 0.25) is 0 Å². The second kappa shape index (κ2) is 3.73. The summed E-state index contributed by atoms with van der Waals surface area (Å²) in [7, 11) is 5.87. The lowest BCUT2D eigenvalue weighted by atomic mass is 10.2.